The van der Waals surface area contributed by atoms with E-state index < -0.39 is 5.54 Å². The fourth-order valence-corrected chi connectivity index (χ4v) is 3.48. The van der Waals surface area contributed by atoms with Gasteiger partial charge in [-0.15, -0.1) is 11.3 Å². The zero-order valence-electron chi connectivity index (χ0n) is 12.4. The average Bonchev–Trinajstić information content (AvgIpc) is 2.72. The molecule has 2 rings (SSSR count). The number of hydrogen-bond acceptors (Lipinski definition) is 4. The van der Waals surface area contributed by atoms with Gasteiger partial charge in [0.25, 0.3) is 0 Å². The molecule has 0 aliphatic carbocycles. The molecule has 1 aliphatic heterocycles. The summed E-state index contributed by atoms with van der Waals surface area (Å²) in [6.07, 6.45) is 1.22. The Morgan fingerprint density at radius 2 is 1.95 bits per heavy atom. The van der Waals surface area contributed by atoms with Gasteiger partial charge in [-0.3, -0.25) is 9.59 Å². The van der Waals surface area contributed by atoms with E-state index in [9.17, 15) is 9.59 Å². The monoisotopic (exact) mass is 295 g/mol. The fourth-order valence-electron chi connectivity index (χ4n) is 2.53. The van der Waals surface area contributed by atoms with Gasteiger partial charge < -0.3 is 10.2 Å². The molecule has 20 heavy (non-hydrogen) atoms. The summed E-state index contributed by atoms with van der Waals surface area (Å²) in [5.74, 6) is -0.0779. The Kier molecular flexibility index (Phi) is 4.13. The average molecular weight is 295 g/mol. The lowest BCUT2D eigenvalue weighted by Crippen LogP contribution is -2.65. The summed E-state index contributed by atoms with van der Waals surface area (Å²) in [4.78, 5) is 31.8. The van der Waals surface area contributed by atoms with Crippen molar-refractivity contribution in [1.29, 1.82) is 0 Å². The SMILES string of the molecule is CCC1(CC)NC(=O)CN(Cc2nc(C)c(C)s2)C1=O. The predicted octanol–water partition coefficient (Wildman–Crippen LogP) is 1.78. The van der Waals surface area contributed by atoms with Crippen molar-refractivity contribution in [1.82, 2.24) is 15.2 Å². The summed E-state index contributed by atoms with van der Waals surface area (Å²) in [7, 11) is 0. The topological polar surface area (TPSA) is 62.3 Å². The molecule has 0 saturated carbocycles. The second-order valence-corrected chi connectivity index (χ2v) is 6.54. The van der Waals surface area contributed by atoms with E-state index in [-0.39, 0.29) is 18.4 Å². The first-order valence-corrected chi connectivity index (χ1v) is 7.76. The van der Waals surface area contributed by atoms with Gasteiger partial charge in [-0.1, -0.05) is 13.8 Å². The second-order valence-electron chi connectivity index (χ2n) is 5.25. The number of piperazine rings is 1. The number of hydrogen-bond donors (Lipinski definition) is 1. The molecule has 0 unspecified atom stereocenters. The Labute approximate surface area is 123 Å². The van der Waals surface area contributed by atoms with Gasteiger partial charge in [0.2, 0.25) is 11.8 Å². The second kappa shape index (κ2) is 5.52. The first-order valence-electron chi connectivity index (χ1n) is 6.95. The third kappa shape index (κ3) is 2.57. The molecule has 1 N–H and O–H groups in total. The van der Waals surface area contributed by atoms with Crippen LogP contribution in [-0.2, 0) is 16.1 Å². The maximum atomic E-state index is 12.6. The van der Waals surface area contributed by atoms with Crippen molar-refractivity contribution in [3.8, 4) is 0 Å². The van der Waals surface area contributed by atoms with Gasteiger partial charge in [0.1, 0.15) is 17.1 Å². The molecule has 0 atom stereocenters. The molecule has 2 heterocycles. The molecule has 110 valence electrons. The van der Waals surface area contributed by atoms with Gasteiger partial charge in [0.15, 0.2) is 0 Å². The Morgan fingerprint density at radius 1 is 1.30 bits per heavy atom. The van der Waals surface area contributed by atoms with Gasteiger partial charge >= 0.3 is 0 Å². The number of aryl methyl sites for hydroxylation is 2. The van der Waals surface area contributed by atoms with Crippen LogP contribution in [0.25, 0.3) is 0 Å². The Balaban J connectivity index is 2.22. The summed E-state index contributed by atoms with van der Waals surface area (Å²) in [6, 6.07) is 0. The Bertz CT molecular complexity index is 515. The zero-order chi connectivity index (χ0) is 14.9. The molecule has 1 aromatic rings. The van der Waals surface area contributed by atoms with Crippen LogP contribution in [0.2, 0.25) is 0 Å². The first-order chi connectivity index (χ1) is 9.41. The van der Waals surface area contributed by atoms with Crippen LogP contribution in [0.15, 0.2) is 0 Å². The van der Waals surface area contributed by atoms with Gasteiger partial charge in [-0.25, -0.2) is 4.98 Å². The molecule has 0 spiro atoms. The molecule has 0 aromatic carbocycles. The van der Waals surface area contributed by atoms with E-state index in [1.54, 1.807) is 16.2 Å². The van der Waals surface area contributed by atoms with Gasteiger partial charge in [0.05, 0.1) is 12.2 Å². The highest BCUT2D eigenvalue weighted by molar-refractivity contribution is 7.11. The summed E-state index contributed by atoms with van der Waals surface area (Å²) >= 11 is 1.59. The van der Waals surface area contributed by atoms with Crippen LogP contribution in [0.5, 0.6) is 0 Å². The standard InChI is InChI=1S/C14H21N3O2S/c1-5-14(6-2)13(19)17(7-11(18)16-14)8-12-15-9(3)10(4)20-12/h5-8H2,1-4H3,(H,16,18). The maximum Gasteiger partial charge on any atom is 0.249 e. The van der Waals surface area contributed by atoms with Crippen molar-refractivity contribution in [2.24, 2.45) is 0 Å². The molecular weight excluding hydrogens is 274 g/mol. The van der Waals surface area contributed by atoms with E-state index in [2.05, 4.69) is 10.3 Å². The third-order valence-electron chi connectivity index (χ3n) is 4.02. The molecular formula is C14H21N3O2S. The van der Waals surface area contributed by atoms with Crippen molar-refractivity contribution in [3.05, 3.63) is 15.6 Å². The van der Waals surface area contributed by atoms with E-state index in [0.29, 0.717) is 19.4 Å². The van der Waals surface area contributed by atoms with E-state index in [0.717, 1.165) is 15.6 Å². The number of aromatic nitrogens is 1. The van der Waals surface area contributed by atoms with Gasteiger partial charge in [0, 0.05) is 4.88 Å². The Hall–Kier alpha value is -1.43. The quantitative estimate of drug-likeness (QED) is 0.921. The van der Waals surface area contributed by atoms with Crippen molar-refractivity contribution >= 4 is 23.2 Å². The van der Waals surface area contributed by atoms with Crippen LogP contribution >= 0.6 is 11.3 Å². The lowest BCUT2D eigenvalue weighted by Gasteiger charge is -2.40. The van der Waals surface area contributed by atoms with Gasteiger partial charge in [-0.05, 0) is 26.7 Å². The summed E-state index contributed by atoms with van der Waals surface area (Å²) in [5, 5.41) is 3.76. The van der Waals surface area contributed by atoms with Crippen molar-refractivity contribution in [2.45, 2.75) is 52.6 Å². The lowest BCUT2D eigenvalue weighted by atomic mass is 9.89. The number of thiazole rings is 1. The normalized spacial score (nSPS) is 18.3. The Morgan fingerprint density at radius 3 is 2.45 bits per heavy atom. The fraction of sp³-hybridized carbons (Fsp3) is 0.643. The lowest BCUT2D eigenvalue weighted by molar-refractivity contribution is -0.151. The molecule has 2 amide bonds. The minimum absolute atomic E-state index is 0.00704. The number of carbonyl (C=O) groups is 2. The van der Waals surface area contributed by atoms with Crippen molar-refractivity contribution in [2.75, 3.05) is 6.54 Å². The highest BCUT2D eigenvalue weighted by Gasteiger charge is 2.44. The van der Waals surface area contributed by atoms with Crippen LogP contribution < -0.4 is 5.32 Å². The van der Waals surface area contributed by atoms with Crippen LogP contribution in [0.3, 0.4) is 0 Å². The first kappa shape index (κ1) is 15.0. The molecule has 1 aliphatic rings. The van der Waals surface area contributed by atoms with Crippen molar-refractivity contribution in [3.63, 3.8) is 0 Å². The minimum atomic E-state index is -0.739. The zero-order valence-corrected chi connectivity index (χ0v) is 13.3. The van der Waals surface area contributed by atoms with Crippen LogP contribution in [0.4, 0.5) is 0 Å². The summed E-state index contributed by atoms with van der Waals surface area (Å²) in [5.41, 5.74) is 0.257. The van der Waals surface area contributed by atoms with Crippen LogP contribution in [-0.4, -0.2) is 33.8 Å². The molecule has 1 aromatic heterocycles. The minimum Gasteiger partial charge on any atom is -0.340 e. The summed E-state index contributed by atoms with van der Waals surface area (Å²) < 4.78 is 0. The summed E-state index contributed by atoms with van der Waals surface area (Å²) in [6.45, 7) is 8.39. The number of nitrogens with one attached hydrogen (secondary N) is 1. The third-order valence-corrected chi connectivity index (χ3v) is 5.07. The van der Waals surface area contributed by atoms with E-state index in [1.165, 1.54) is 0 Å². The van der Waals surface area contributed by atoms with Crippen LogP contribution in [0.1, 0.15) is 42.3 Å². The molecule has 0 bridgehead atoms. The van der Waals surface area contributed by atoms with E-state index in [4.69, 9.17) is 0 Å². The molecule has 5 nitrogen and oxygen atoms in total. The predicted molar refractivity (Wildman–Crippen MR) is 78.5 cm³/mol. The number of carbonyl (C=O) groups excluding carboxylic acids is 2. The smallest absolute Gasteiger partial charge is 0.249 e. The largest absolute Gasteiger partial charge is 0.340 e. The number of nitrogens with zero attached hydrogens (tertiary/aromatic N) is 2. The molecule has 6 heteroatoms. The van der Waals surface area contributed by atoms with Crippen molar-refractivity contribution < 1.29 is 9.59 Å². The number of rotatable bonds is 4. The van der Waals surface area contributed by atoms with E-state index >= 15 is 0 Å². The van der Waals surface area contributed by atoms with Crippen LogP contribution in [0, 0.1) is 13.8 Å². The van der Waals surface area contributed by atoms with Gasteiger partial charge in [-0.2, -0.15) is 0 Å². The highest BCUT2D eigenvalue weighted by atomic mass is 32.1. The number of amides is 2. The van der Waals surface area contributed by atoms with E-state index in [1.807, 2.05) is 27.7 Å². The molecule has 1 fully saturated rings. The highest BCUT2D eigenvalue weighted by Crippen LogP contribution is 2.25. The molecule has 0 radical (unpaired) electrons. The molecule has 1 saturated heterocycles. The maximum absolute atomic E-state index is 12.6.